The van der Waals surface area contributed by atoms with Crippen molar-refractivity contribution in [1.29, 1.82) is 0 Å². The summed E-state index contributed by atoms with van der Waals surface area (Å²) in [5, 5.41) is 4.11. The van der Waals surface area contributed by atoms with Crippen molar-refractivity contribution < 1.29 is 4.74 Å². The Bertz CT molecular complexity index is 130. The molecule has 72 valence electrons. The fraction of sp³-hybridized carbons (Fsp3) is 1.00. The zero-order chi connectivity index (χ0) is 8.97. The van der Waals surface area contributed by atoms with Gasteiger partial charge in [-0.25, -0.2) is 0 Å². The van der Waals surface area contributed by atoms with Gasteiger partial charge in [0.2, 0.25) is 0 Å². The highest BCUT2D eigenvalue weighted by atomic mass is 32.2. The van der Waals surface area contributed by atoms with Crippen LogP contribution >= 0.6 is 11.8 Å². The molecule has 1 rings (SSSR count). The normalized spacial score (nSPS) is 33.2. The summed E-state index contributed by atoms with van der Waals surface area (Å²) in [6.07, 6.45) is 4.94. The third kappa shape index (κ3) is 2.64. The van der Waals surface area contributed by atoms with Crippen molar-refractivity contribution in [2.75, 3.05) is 19.9 Å². The Morgan fingerprint density at radius 2 is 2.33 bits per heavy atom. The van der Waals surface area contributed by atoms with Crippen LogP contribution in [-0.2, 0) is 4.74 Å². The fourth-order valence-electron chi connectivity index (χ4n) is 1.70. The quantitative estimate of drug-likeness (QED) is 0.730. The van der Waals surface area contributed by atoms with Crippen molar-refractivity contribution in [1.82, 2.24) is 5.32 Å². The van der Waals surface area contributed by atoms with Gasteiger partial charge in [0.15, 0.2) is 0 Å². The third-order valence-electron chi connectivity index (χ3n) is 2.72. The van der Waals surface area contributed by atoms with Gasteiger partial charge in [0, 0.05) is 12.4 Å². The number of piperidine rings is 1. The lowest BCUT2D eigenvalue weighted by Crippen LogP contribution is -2.41. The predicted molar refractivity (Wildman–Crippen MR) is 54.5 cm³/mol. The van der Waals surface area contributed by atoms with E-state index in [1.807, 2.05) is 11.8 Å². The molecule has 3 atom stereocenters. The molecular formula is C9H19NOS. The molecule has 0 spiro atoms. The minimum absolute atomic E-state index is 0.290. The minimum Gasteiger partial charge on any atom is -0.367 e. The van der Waals surface area contributed by atoms with Crippen molar-refractivity contribution >= 4 is 11.8 Å². The summed E-state index contributed by atoms with van der Waals surface area (Å²) in [6.45, 7) is 3.42. The maximum Gasteiger partial charge on any atom is 0.108 e. The van der Waals surface area contributed by atoms with Crippen LogP contribution in [0.1, 0.15) is 19.8 Å². The zero-order valence-electron chi connectivity index (χ0n) is 8.17. The standard InChI is InChI=1S/C9H19NOS/c1-7(12-3)8-4-5-10-9(6-8)11-2/h7-10H,4-6H2,1-3H3. The molecule has 0 aliphatic carbocycles. The van der Waals surface area contributed by atoms with E-state index < -0.39 is 0 Å². The number of hydrogen-bond acceptors (Lipinski definition) is 3. The van der Waals surface area contributed by atoms with Crippen LogP contribution in [0.3, 0.4) is 0 Å². The Kier molecular flexibility index (Phi) is 4.40. The van der Waals surface area contributed by atoms with Crippen LogP contribution in [-0.4, -0.2) is 31.4 Å². The van der Waals surface area contributed by atoms with Crippen molar-refractivity contribution in [3.05, 3.63) is 0 Å². The molecule has 0 saturated carbocycles. The molecule has 0 aromatic rings. The molecule has 2 nitrogen and oxygen atoms in total. The van der Waals surface area contributed by atoms with E-state index in [0.29, 0.717) is 6.23 Å². The monoisotopic (exact) mass is 189 g/mol. The number of methoxy groups -OCH3 is 1. The second-order valence-electron chi connectivity index (χ2n) is 3.40. The summed E-state index contributed by atoms with van der Waals surface area (Å²) >= 11 is 1.96. The molecule has 1 aliphatic rings. The Morgan fingerprint density at radius 1 is 1.58 bits per heavy atom. The molecule has 12 heavy (non-hydrogen) atoms. The van der Waals surface area contributed by atoms with E-state index in [2.05, 4.69) is 18.5 Å². The minimum atomic E-state index is 0.290. The van der Waals surface area contributed by atoms with Crippen LogP contribution in [0.2, 0.25) is 0 Å². The first kappa shape index (κ1) is 10.4. The molecule has 3 unspecified atom stereocenters. The van der Waals surface area contributed by atoms with Crippen LogP contribution in [0.5, 0.6) is 0 Å². The van der Waals surface area contributed by atoms with E-state index in [4.69, 9.17) is 4.74 Å². The molecule has 0 amide bonds. The van der Waals surface area contributed by atoms with Gasteiger partial charge in [-0.3, -0.25) is 5.32 Å². The number of ether oxygens (including phenoxy) is 1. The molecule has 1 heterocycles. The summed E-state index contributed by atoms with van der Waals surface area (Å²) < 4.78 is 5.30. The van der Waals surface area contributed by atoms with Gasteiger partial charge >= 0.3 is 0 Å². The van der Waals surface area contributed by atoms with Crippen molar-refractivity contribution in [2.24, 2.45) is 5.92 Å². The number of thioether (sulfide) groups is 1. The first-order valence-electron chi connectivity index (χ1n) is 4.57. The van der Waals surface area contributed by atoms with Crippen LogP contribution < -0.4 is 5.32 Å². The second kappa shape index (κ2) is 5.10. The lowest BCUT2D eigenvalue weighted by atomic mass is 9.94. The first-order chi connectivity index (χ1) is 5.77. The Morgan fingerprint density at radius 3 is 2.92 bits per heavy atom. The summed E-state index contributed by atoms with van der Waals surface area (Å²) in [5.41, 5.74) is 0. The van der Waals surface area contributed by atoms with Crippen LogP contribution in [0.25, 0.3) is 0 Å². The van der Waals surface area contributed by atoms with Gasteiger partial charge in [-0.15, -0.1) is 0 Å². The summed E-state index contributed by atoms with van der Waals surface area (Å²) in [5.74, 6) is 0.825. The molecule has 3 heteroatoms. The SMILES string of the molecule is COC1CC(C(C)SC)CCN1. The molecule has 0 aromatic carbocycles. The van der Waals surface area contributed by atoms with E-state index in [9.17, 15) is 0 Å². The van der Waals surface area contributed by atoms with Crippen LogP contribution in [0.4, 0.5) is 0 Å². The number of nitrogens with one attached hydrogen (secondary N) is 1. The number of rotatable bonds is 3. The molecular weight excluding hydrogens is 170 g/mol. The molecule has 0 bridgehead atoms. The van der Waals surface area contributed by atoms with Gasteiger partial charge in [-0.1, -0.05) is 6.92 Å². The first-order valence-corrected chi connectivity index (χ1v) is 5.85. The van der Waals surface area contributed by atoms with E-state index in [1.54, 1.807) is 7.11 Å². The van der Waals surface area contributed by atoms with Crippen LogP contribution in [0.15, 0.2) is 0 Å². The smallest absolute Gasteiger partial charge is 0.108 e. The molecule has 1 fully saturated rings. The van der Waals surface area contributed by atoms with Gasteiger partial charge in [-0.2, -0.15) is 11.8 Å². The maximum absolute atomic E-state index is 5.30. The Balaban J connectivity index is 2.34. The lowest BCUT2D eigenvalue weighted by Gasteiger charge is -2.32. The van der Waals surface area contributed by atoms with Crippen LogP contribution in [0, 0.1) is 5.92 Å². The molecule has 1 aliphatic heterocycles. The van der Waals surface area contributed by atoms with Gasteiger partial charge < -0.3 is 4.74 Å². The molecule has 1 saturated heterocycles. The van der Waals surface area contributed by atoms with E-state index in [0.717, 1.165) is 17.7 Å². The maximum atomic E-state index is 5.30. The Hall–Kier alpha value is 0.270. The highest BCUT2D eigenvalue weighted by Crippen LogP contribution is 2.26. The summed E-state index contributed by atoms with van der Waals surface area (Å²) in [6, 6.07) is 0. The highest BCUT2D eigenvalue weighted by Gasteiger charge is 2.24. The van der Waals surface area contributed by atoms with E-state index in [1.165, 1.54) is 12.8 Å². The predicted octanol–water partition coefficient (Wildman–Crippen LogP) is 1.71. The van der Waals surface area contributed by atoms with Crippen molar-refractivity contribution in [3.8, 4) is 0 Å². The second-order valence-corrected chi connectivity index (χ2v) is 4.62. The molecule has 1 N–H and O–H groups in total. The van der Waals surface area contributed by atoms with Gasteiger partial charge in [0.25, 0.3) is 0 Å². The topological polar surface area (TPSA) is 21.3 Å². The largest absolute Gasteiger partial charge is 0.367 e. The third-order valence-corrected chi connectivity index (χ3v) is 3.85. The van der Waals surface area contributed by atoms with Crippen molar-refractivity contribution in [3.63, 3.8) is 0 Å². The average Bonchev–Trinajstić information content (AvgIpc) is 2.17. The van der Waals surface area contributed by atoms with Gasteiger partial charge in [0.1, 0.15) is 6.23 Å². The van der Waals surface area contributed by atoms with Gasteiger partial charge in [0.05, 0.1) is 0 Å². The fourth-order valence-corrected chi connectivity index (χ4v) is 2.34. The molecule has 0 radical (unpaired) electrons. The van der Waals surface area contributed by atoms with Gasteiger partial charge in [-0.05, 0) is 31.6 Å². The lowest BCUT2D eigenvalue weighted by molar-refractivity contribution is 0.0337. The highest BCUT2D eigenvalue weighted by molar-refractivity contribution is 7.99. The van der Waals surface area contributed by atoms with E-state index >= 15 is 0 Å². The van der Waals surface area contributed by atoms with E-state index in [-0.39, 0.29) is 0 Å². The average molecular weight is 189 g/mol. The summed E-state index contributed by atoms with van der Waals surface area (Å²) in [7, 11) is 1.78. The number of hydrogen-bond donors (Lipinski definition) is 1. The molecule has 0 aromatic heterocycles. The Labute approximate surface area is 79.4 Å². The van der Waals surface area contributed by atoms with Crippen molar-refractivity contribution in [2.45, 2.75) is 31.2 Å². The summed E-state index contributed by atoms with van der Waals surface area (Å²) in [4.78, 5) is 0. The zero-order valence-corrected chi connectivity index (χ0v) is 8.99.